The minimum Gasteiger partial charge on any atom is -0.445 e. The number of nitrogens with two attached hydrogens (primary N) is 1. The highest BCUT2D eigenvalue weighted by Gasteiger charge is 1.95. The lowest BCUT2D eigenvalue weighted by Gasteiger charge is -1.95. The van der Waals surface area contributed by atoms with Crippen LogP contribution in [-0.4, -0.2) is 6.54 Å². The van der Waals surface area contributed by atoms with Crippen LogP contribution in [-0.2, 0) is 6.54 Å². The van der Waals surface area contributed by atoms with Crippen LogP contribution in [0.2, 0.25) is 0 Å². The van der Waals surface area contributed by atoms with Crippen LogP contribution in [0.5, 0.6) is 0 Å². The van der Waals surface area contributed by atoms with Crippen molar-refractivity contribution >= 4 is 5.88 Å². The Balaban J connectivity index is 2.32. The molecule has 0 aliphatic carbocycles. The first-order valence-electron chi connectivity index (χ1n) is 3.48. The molecule has 0 aromatic carbocycles. The van der Waals surface area contributed by atoms with E-state index in [1.54, 1.807) is 12.1 Å². The molecule has 0 spiro atoms. The summed E-state index contributed by atoms with van der Waals surface area (Å²) in [6.45, 7) is 5.06. The number of nitrogens with one attached hydrogen (secondary N) is 1. The van der Waals surface area contributed by atoms with Gasteiger partial charge >= 0.3 is 0 Å². The topological polar surface area (TPSA) is 51.2 Å². The summed E-state index contributed by atoms with van der Waals surface area (Å²) in [5.41, 5.74) is 5.37. The Morgan fingerprint density at radius 3 is 3.00 bits per heavy atom. The molecule has 0 saturated carbocycles. The Bertz CT molecular complexity index is 230. The van der Waals surface area contributed by atoms with Crippen LogP contribution in [0, 0.1) is 0 Å². The van der Waals surface area contributed by atoms with Crippen molar-refractivity contribution < 1.29 is 4.42 Å². The fourth-order valence-electron chi connectivity index (χ4n) is 0.787. The minimum absolute atomic E-state index is 0.459. The highest BCUT2D eigenvalue weighted by molar-refractivity contribution is 5.25. The second kappa shape index (κ2) is 3.83. The molecule has 0 unspecified atom stereocenters. The van der Waals surface area contributed by atoms with Gasteiger partial charge in [0.05, 0.1) is 6.54 Å². The number of rotatable bonds is 4. The predicted octanol–water partition coefficient (Wildman–Crippen LogP) is 1.14. The smallest absolute Gasteiger partial charge is 0.190 e. The number of hydrogen-bond donors (Lipinski definition) is 2. The summed E-state index contributed by atoms with van der Waals surface area (Å²) < 4.78 is 5.11. The van der Waals surface area contributed by atoms with Crippen molar-refractivity contribution in [2.45, 2.75) is 6.54 Å². The molecule has 0 aliphatic heterocycles. The summed E-state index contributed by atoms with van der Waals surface area (Å²) in [6.07, 6.45) is 1.80. The molecule has 11 heavy (non-hydrogen) atoms. The number of furan rings is 1. The molecule has 0 bridgehead atoms. The summed E-state index contributed by atoms with van der Waals surface area (Å²) in [5.74, 6) is 1.31. The molecule has 1 heterocycles. The van der Waals surface area contributed by atoms with Crippen molar-refractivity contribution in [1.82, 2.24) is 5.32 Å². The van der Waals surface area contributed by atoms with E-state index in [-0.39, 0.29) is 0 Å². The lowest BCUT2D eigenvalue weighted by atomic mass is 10.4. The van der Waals surface area contributed by atoms with Gasteiger partial charge in [0, 0.05) is 12.6 Å². The first-order chi connectivity index (χ1) is 5.33. The zero-order valence-electron chi connectivity index (χ0n) is 6.34. The standard InChI is InChI=1S/C8H12N2O/c1-2-5-10-6-7-3-4-8(9)11-7/h2-4,10H,1,5-6,9H2. The van der Waals surface area contributed by atoms with E-state index in [0.29, 0.717) is 12.4 Å². The van der Waals surface area contributed by atoms with Crippen LogP contribution in [0.3, 0.4) is 0 Å². The zero-order chi connectivity index (χ0) is 8.10. The van der Waals surface area contributed by atoms with Crippen molar-refractivity contribution in [3.63, 3.8) is 0 Å². The molecule has 1 aromatic rings. The van der Waals surface area contributed by atoms with Gasteiger partial charge in [0.25, 0.3) is 0 Å². The maximum Gasteiger partial charge on any atom is 0.190 e. The van der Waals surface area contributed by atoms with Gasteiger partial charge in [-0.05, 0) is 6.07 Å². The summed E-state index contributed by atoms with van der Waals surface area (Å²) in [7, 11) is 0. The third-order valence-electron chi connectivity index (χ3n) is 1.27. The average molecular weight is 152 g/mol. The van der Waals surface area contributed by atoms with Gasteiger partial charge in [-0.3, -0.25) is 0 Å². The van der Waals surface area contributed by atoms with Gasteiger partial charge < -0.3 is 15.5 Å². The van der Waals surface area contributed by atoms with Crippen molar-refractivity contribution in [2.75, 3.05) is 12.3 Å². The van der Waals surface area contributed by atoms with Crippen molar-refractivity contribution in [3.8, 4) is 0 Å². The SMILES string of the molecule is C=CCNCc1ccc(N)o1. The van der Waals surface area contributed by atoms with Crippen LogP contribution in [0.4, 0.5) is 5.88 Å². The normalized spacial score (nSPS) is 9.82. The molecule has 0 radical (unpaired) electrons. The summed E-state index contributed by atoms with van der Waals surface area (Å²) >= 11 is 0. The fraction of sp³-hybridized carbons (Fsp3) is 0.250. The Morgan fingerprint density at radius 2 is 2.45 bits per heavy atom. The van der Waals surface area contributed by atoms with E-state index in [2.05, 4.69) is 11.9 Å². The zero-order valence-corrected chi connectivity index (χ0v) is 6.34. The van der Waals surface area contributed by atoms with Gasteiger partial charge in [-0.15, -0.1) is 6.58 Å². The molecule has 0 atom stereocenters. The second-order valence-electron chi connectivity index (χ2n) is 2.22. The van der Waals surface area contributed by atoms with Gasteiger partial charge in [0.2, 0.25) is 0 Å². The predicted molar refractivity (Wildman–Crippen MR) is 45.0 cm³/mol. The Hall–Kier alpha value is -1.22. The molecule has 3 heteroatoms. The Labute approximate surface area is 65.9 Å². The average Bonchev–Trinajstić information content (AvgIpc) is 2.37. The number of anilines is 1. The van der Waals surface area contributed by atoms with E-state index in [1.807, 2.05) is 6.07 Å². The van der Waals surface area contributed by atoms with E-state index >= 15 is 0 Å². The van der Waals surface area contributed by atoms with Crippen molar-refractivity contribution in [2.24, 2.45) is 0 Å². The van der Waals surface area contributed by atoms with E-state index in [9.17, 15) is 0 Å². The van der Waals surface area contributed by atoms with Crippen molar-refractivity contribution in [3.05, 3.63) is 30.5 Å². The van der Waals surface area contributed by atoms with Gasteiger partial charge in [-0.25, -0.2) is 0 Å². The summed E-state index contributed by atoms with van der Waals surface area (Å²) in [5, 5.41) is 3.10. The quantitative estimate of drug-likeness (QED) is 0.502. The molecular weight excluding hydrogens is 140 g/mol. The first-order valence-corrected chi connectivity index (χ1v) is 3.48. The third kappa shape index (κ3) is 2.47. The highest BCUT2D eigenvalue weighted by atomic mass is 16.4. The van der Waals surface area contributed by atoms with Gasteiger partial charge in [-0.2, -0.15) is 0 Å². The molecule has 1 aromatic heterocycles. The number of hydrogen-bond acceptors (Lipinski definition) is 3. The molecule has 60 valence electrons. The van der Waals surface area contributed by atoms with E-state index in [1.165, 1.54) is 0 Å². The molecule has 3 nitrogen and oxygen atoms in total. The largest absolute Gasteiger partial charge is 0.445 e. The van der Waals surface area contributed by atoms with Gasteiger partial charge in [-0.1, -0.05) is 6.08 Å². The Kier molecular flexibility index (Phi) is 2.74. The molecular formula is C8H12N2O. The molecule has 0 amide bonds. The molecule has 1 rings (SSSR count). The number of nitrogen functional groups attached to an aromatic ring is 1. The molecule has 0 fully saturated rings. The van der Waals surface area contributed by atoms with Crippen molar-refractivity contribution in [1.29, 1.82) is 0 Å². The van der Waals surface area contributed by atoms with Crippen LogP contribution < -0.4 is 11.1 Å². The lowest BCUT2D eigenvalue weighted by molar-refractivity contribution is 0.506. The Morgan fingerprint density at radius 1 is 1.64 bits per heavy atom. The summed E-state index contributed by atoms with van der Waals surface area (Å²) in [4.78, 5) is 0. The van der Waals surface area contributed by atoms with E-state index in [4.69, 9.17) is 10.2 Å². The first kappa shape index (κ1) is 7.88. The maximum atomic E-state index is 5.37. The highest BCUT2D eigenvalue weighted by Crippen LogP contribution is 2.07. The molecule has 0 saturated heterocycles. The minimum atomic E-state index is 0.459. The maximum absolute atomic E-state index is 5.37. The van der Waals surface area contributed by atoms with Crippen LogP contribution in [0.1, 0.15) is 5.76 Å². The second-order valence-corrected chi connectivity index (χ2v) is 2.22. The lowest BCUT2D eigenvalue weighted by Crippen LogP contribution is -2.11. The van der Waals surface area contributed by atoms with Gasteiger partial charge in [0.15, 0.2) is 5.88 Å². The van der Waals surface area contributed by atoms with E-state index in [0.717, 1.165) is 12.3 Å². The monoisotopic (exact) mass is 152 g/mol. The molecule has 0 aliphatic rings. The van der Waals surface area contributed by atoms with Crippen LogP contribution in [0.25, 0.3) is 0 Å². The summed E-state index contributed by atoms with van der Waals surface area (Å²) in [6, 6.07) is 3.59. The van der Waals surface area contributed by atoms with Crippen LogP contribution in [0.15, 0.2) is 29.2 Å². The molecule has 3 N–H and O–H groups in total. The van der Waals surface area contributed by atoms with Gasteiger partial charge in [0.1, 0.15) is 5.76 Å². The van der Waals surface area contributed by atoms with E-state index < -0.39 is 0 Å². The third-order valence-corrected chi connectivity index (χ3v) is 1.27. The fourth-order valence-corrected chi connectivity index (χ4v) is 0.787. The van der Waals surface area contributed by atoms with Crippen LogP contribution >= 0.6 is 0 Å².